The first kappa shape index (κ1) is 18.5. The van der Waals surface area contributed by atoms with Crippen molar-refractivity contribution in [2.24, 2.45) is 11.3 Å². The molecular weight excluding hydrogens is 336 g/mol. The maximum absolute atomic E-state index is 12.8. The lowest BCUT2D eigenvalue weighted by atomic mass is 9.91. The van der Waals surface area contributed by atoms with Gasteiger partial charge in [0.05, 0.1) is 0 Å². The molecule has 1 spiro atoms. The number of piperidine rings is 2. The van der Waals surface area contributed by atoms with E-state index >= 15 is 0 Å². The lowest BCUT2D eigenvalue weighted by Crippen LogP contribution is -2.43. The molecule has 1 saturated carbocycles. The van der Waals surface area contributed by atoms with Gasteiger partial charge in [-0.05, 0) is 56.8 Å². The zero-order chi connectivity index (χ0) is 16.6. The van der Waals surface area contributed by atoms with Crippen LogP contribution in [0.3, 0.4) is 0 Å². The summed E-state index contributed by atoms with van der Waals surface area (Å²) in [4.78, 5) is 14.9. The largest absolute Gasteiger partial charge is 0.490 e. The maximum atomic E-state index is 12.8. The number of ether oxygens (including phenoxy) is 1. The molecule has 2 aliphatic heterocycles. The Kier molecular flexibility index (Phi) is 5.59. The van der Waals surface area contributed by atoms with E-state index in [1.54, 1.807) is 0 Å². The smallest absolute Gasteiger partial charge is 0.226 e. The van der Waals surface area contributed by atoms with E-state index in [1.165, 1.54) is 18.4 Å². The van der Waals surface area contributed by atoms with Crippen LogP contribution in [-0.4, -0.2) is 43.1 Å². The number of nitrogens with one attached hydrogen (secondary N) is 1. The number of aryl methyl sites for hydroxylation is 1. The first-order valence-electron chi connectivity index (χ1n) is 9.39. The Balaban J connectivity index is 0.00000182. The minimum absolute atomic E-state index is 0. The van der Waals surface area contributed by atoms with Gasteiger partial charge in [0.2, 0.25) is 5.91 Å². The lowest BCUT2D eigenvalue weighted by Gasteiger charge is -2.33. The molecule has 2 saturated heterocycles. The highest BCUT2D eigenvalue weighted by Crippen LogP contribution is 2.59. The summed E-state index contributed by atoms with van der Waals surface area (Å²) < 4.78 is 6.08. The van der Waals surface area contributed by atoms with Gasteiger partial charge in [-0.1, -0.05) is 17.7 Å². The van der Waals surface area contributed by atoms with Gasteiger partial charge < -0.3 is 15.0 Å². The van der Waals surface area contributed by atoms with Gasteiger partial charge in [-0.2, -0.15) is 0 Å². The molecule has 1 aliphatic carbocycles. The Morgan fingerprint density at radius 3 is 2.44 bits per heavy atom. The van der Waals surface area contributed by atoms with Gasteiger partial charge in [0, 0.05) is 31.8 Å². The molecule has 3 aliphatic rings. The van der Waals surface area contributed by atoms with Gasteiger partial charge in [0.25, 0.3) is 0 Å². The van der Waals surface area contributed by atoms with Crippen LogP contribution in [-0.2, 0) is 4.79 Å². The van der Waals surface area contributed by atoms with Crippen LogP contribution in [0.4, 0.5) is 0 Å². The van der Waals surface area contributed by atoms with E-state index in [1.807, 2.05) is 12.1 Å². The predicted octanol–water partition coefficient (Wildman–Crippen LogP) is 3.18. The van der Waals surface area contributed by atoms with E-state index in [9.17, 15) is 4.79 Å². The fraction of sp³-hybridized carbons (Fsp3) is 0.650. The molecule has 5 heteroatoms. The second-order valence-electron chi connectivity index (χ2n) is 7.82. The van der Waals surface area contributed by atoms with Gasteiger partial charge >= 0.3 is 0 Å². The van der Waals surface area contributed by atoms with Crippen LogP contribution >= 0.6 is 12.4 Å². The van der Waals surface area contributed by atoms with Crippen molar-refractivity contribution in [1.82, 2.24) is 10.2 Å². The summed E-state index contributed by atoms with van der Waals surface area (Å²) in [6.45, 7) is 5.94. The van der Waals surface area contributed by atoms with E-state index < -0.39 is 0 Å². The summed E-state index contributed by atoms with van der Waals surface area (Å²) in [6, 6.07) is 8.25. The van der Waals surface area contributed by atoms with Gasteiger partial charge in [-0.15, -0.1) is 12.4 Å². The third kappa shape index (κ3) is 3.95. The molecule has 1 N–H and O–H groups in total. The molecule has 3 fully saturated rings. The maximum Gasteiger partial charge on any atom is 0.226 e. The summed E-state index contributed by atoms with van der Waals surface area (Å²) in [5, 5.41) is 3.41. The third-order valence-corrected chi connectivity index (χ3v) is 6.16. The van der Waals surface area contributed by atoms with Crippen LogP contribution in [0.1, 0.15) is 37.7 Å². The fourth-order valence-corrected chi connectivity index (χ4v) is 4.40. The summed E-state index contributed by atoms with van der Waals surface area (Å²) in [7, 11) is 0. The number of hydrogen-bond donors (Lipinski definition) is 1. The van der Waals surface area contributed by atoms with Crippen molar-refractivity contribution in [2.75, 3.05) is 26.2 Å². The monoisotopic (exact) mass is 364 g/mol. The van der Waals surface area contributed by atoms with Crippen molar-refractivity contribution in [3.05, 3.63) is 29.8 Å². The SMILES string of the molecule is Cc1ccc(OC2CCN(C(=O)C3CC34CCNCC4)CC2)cc1.Cl. The number of carbonyl (C=O) groups excluding carboxylic acids is 1. The summed E-state index contributed by atoms with van der Waals surface area (Å²) in [5.74, 6) is 1.65. The summed E-state index contributed by atoms with van der Waals surface area (Å²) >= 11 is 0. The lowest BCUT2D eigenvalue weighted by molar-refractivity contribution is -0.135. The van der Waals surface area contributed by atoms with E-state index in [0.717, 1.165) is 51.2 Å². The van der Waals surface area contributed by atoms with Crippen molar-refractivity contribution in [3.8, 4) is 5.75 Å². The molecule has 1 atom stereocenters. The number of nitrogens with zero attached hydrogens (tertiary/aromatic N) is 1. The van der Waals surface area contributed by atoms with Crippen molar-refractivity contribution in [3.63, 3.8) is 0 Å². The Hall–Kier alpha value is -1.26. The highest BCUT2D eigenvalue weighted by atomic mass is 35.5. The van der Waals surface area contributed by atoms with Crippen LogP contribution in [0.2, 0.25) is 0 Å². The summed E-state index contributed by atoms with van der Waals surface area (Å²) in [6.07, 6.45) is 5.60. The topological polar surface area (TPSA) is 41.6 Å². The van der Waals surface area contributed by atoms with Crippen LogP contribution < -0.4 is 10.1 Å². The quantitative estimate of drug-likeness (QED) is 0.895. The van der Waals surface area contributed by atoms with Gasteiger partial charge in [0.15, 0.2) is 0 Å². The molecule has 1 aromatic carbocycles. The van der Waals surface area contributed by atoms with Crippen LogP contribution in [0.15, 0.2) is 24.3 Å². The number of amides is 1. The molecule has 2 heterocycles. The van der Waals surface area contributed by atoms with Crippen LogP contribution in [0.25, 0.3) is 0 Å². The van der Waals surface area contributed by atoms with Gasteiger partial charge in [-0.25, -0.2) is 0 Å². The van der Waals surface area contributed by atoms with E-state index in [4.69, 9.17) is 4.74 Å². The number of hydrogen-bond acceptors (Lipinski definition) is 3. The first-order valence-corrected chi connectivity index (χ1v) is 9.39. The molecule has 25 heavy (non-hydrogen) atoms. The Morgan fingerprint density at radius 2 is 1.80 bits per heavy atom. The van der Waals surface area contributed by atoms with E-state index in [2.05, 4.69) is 29.3 Å². The predicted molar refractivity (Wildman–Crippen MR) is 101 cm³/mol. The molecule has 1 unspecified atom stereocenters. The number of benzene rings is 1. The number of rotatable bonds is 3. The molecular formula is C20H29ClN2O2. The fourth-order valence-electron chi connectivity index (χ4n) is 4.40. The first-order chi connectivity index (χ1) is 11.7. The second kappa shape index (κ2) is 7.55. The average Bonchev–Trinajstić information content (AvgIpc) is 3.30. The van der Waals surface area contributed by atoms with Gasteiger partial charge in [-0.3, -0.25) is 4.79 Å². The van der Waals surface area contributed by atoms with Crippen LogP contribution in [0, 0.1) is 18.3 Å². The van der Waals surface area contributed by atoms with Crippen molar-refractivity contribution in [1.29, 1.82) is 0 Å². The van der Waals surface area contributed by atoms with Crippen molar-refractivity contribution in [2.45, 2.75) is 45.1 Å². The third-order valence-electron chi connectivity index (χ3n) is 6.16. The Labute approximate surface area is 156 Å². The van der Waals surface area contributed by atoms with Gasteiger partial charge in [0.1, 0.15) is 11.9 Å². The summed E-state index contributed by atoms with van der Waals surface area (Å²) in [5.41, 5.74) is 1.59. The Morgan fingerprint density at radius 1 is 1.16 bits per heavy atom. The number of carbonyl (C=O) groups is 1. The normalized spacial score (nSPS) is 25.3. The zero-order valence-corrected chi connectivity index (χ0v) is 15.8. The van der Waals surface area contributed by atoms with E-state index in [0.29, 0.717) is 17.2 Å². The molecule has 0 radical (unpaired) electrons. The van der Waals surface area contributed by atoms with Crippen molar-refractivity contribution >= 4 is 18.3 Å². The number of likely N-dealkylation sites (tertiary alicyclic amines) is 1. The van der Waals surface area contributed by atoms with Crippen LogP contribution in [0.5, 0.6) is 5.75 Å². The zero-order valence-electron chi connectivity index (χ0n) is 15.0. The number of halogens is 1. The molecule has 4 nitrogen and oxygen atoms in total. The second-order valence-corrected chi connectivity index (χ2v) is 7.82. The molecule has 1 aromatic rings. The molecule has 0 aromatic heterocycles. The minimum Gasteiger partial charge on any atom is -0.490 e. The van der Waals surface area contributed by atoms with E-state index in [-0.39, 0.29) is 18.5 Å². The molecule has 1 amide bonds. The molecule has 0 bridgehead atoms. The highest BCUT2D eigenvalue weighted by molar-refractivity contribution is 5.85. The molecule has 138 valence electrons. The molecule has 4 rings (SSSR count). The standard InChI is InChI=1S/C20H28N2O2.ClH/c1-15-2-4-16(5-3-15)24-17-6-12-22(13-7-17)19(23)18-14-20(18)8-10-21-11-9-20;/h2-5,17-18,21H,6-14H2,1H3;1H. The highest BCUT2D eigenvalue weighted by Gasteiger charge is 2.58. The van der Waals surface area contributed by atoms with Crippen molar-refractivity contribution < 1.29 is 9.53 Å². The average molecular weight is 365 g/mol. The Bertz CT molecular complexity index is 590. The minimum atomic E-state index is 0.